The zero-order valence-corrected chi connectivity index (χ0v) is 11.2. The number of aromatic nitrogens is 2. The fourth-order valence-electron chi connectivity index (χ4n) is 1.50. The third-order valence-corrected chi connectivity index (χ3v) is 3.54. The molecule has 6 nitrogen and oxygen atoms in total. The summed E-state index contributed by atoms with van der Waals surface area (Å²) >= 11 is 1.63. The minimum Gasteiger partial charge on any atom is -0.492 e. The van der Waals surface area contributed by atoms with Crippen molar-refractivity contribution >= 4 is 17.2 Å². The van der Waals surface area contributed by atoms with E-state index < -0.39 is 0 Å². The SMILES string of the molecule is Cc1ncsc1CCOc1ccc(/C(N)=N/O)nc1. The standard InChI is InChI=1S/C12H14N4O2S/c1-8-11(19-7-15-8)4-5-18-9-2-3-10(14-6-9)12(13)16-17/h2-3,6-7,17H,4-5H2,1H3,(H2,13,16). The molecule has 0 radical (unpaired) electrons. The molecule has 0 saturated heterocycles. The molecule has 7 heteroatoms. The van der Waals surface area contributed by atoms with Crippen LogP contribution in [0.15, 0.2) is 29.0 Å². The summed E-state index contributed by atoms with van der Waals surface area (Å²) in [7, 11) is 0. The first kappa shape index (κ1) is 13.3. The molecule has 0 atom stereocenters. The second kappa shape index (κ2) is 6.14. The molecule has 2 aromatic rings. The number of rotatable bonds is 5. The van der Waals surface area contributed by atoms with Crippen LogP contribution in [-0.4, -0.2) is 27.6 Å². The Morgan fingerprint density at radius 2 is 2.32 bits per heavy atom. The lowest BCUT2D eigenvalue weighted by Crippen LogP contribution is -2.14. The van der Waals surface area contributed by atoms with Gasteiger partial charge in [-0.15, -0.1) is 11.3 Å². The van der Waals surface area contributed by atoms with Crippen LogP contribution in [0, 0.1) is 6.92 Å². The predicted molar refractivity (Wildman–Crippen MR) is 72.8 cm³/mol. The minimum absolute atomic E-state index is 0.0214. The first-order valence-corrected chi connectivity index (χ1v) is 6.54. The molecule has 0 amide bonds. The number of nitrogens with zero attached hydrogens (tertiary/aromatic N) is 3. The highest BCUT2D eigenvalue weighted by molar-refractivity contribution is 7.09. The van der Waals surface area contributed by atoms with E-state index in [2.05, 4.69) is 15.1 Å². The van der Waals surface area contributed by atoms with E-state index in [4.69, 9.17) is 15.7 Å². The van der Waals surface area contributed by atoms with Crippen LogP contribution in [0.1, 0.15) is 16.3 Å². The average Bonchev–Trinajstić information content (AvgIpc) is 2.84. The van der Waals surface area contributed by atoms with Crippen molar-refractivity contribution in [3.63, 3.8) is 0 Å². The van der Waals surface area contributed by atoms with Gasteiger partial charge in [0.1, 0.15) is 11.4 Å². The Kier molecular flexibility index (Phi) is 4.30. The zero-order chi connectivity index (χ0) is 13.7. The molecule has 19 heavy (non-hydrogen) atoms. The molecule has 3 N–H and O–H groups in total. The van der Waals surface area contributed by atoms with Crippen molar-refractivity contribution in [3.05, 3.63) is 40.1 Å². The number of hydrogen-bond acceptors (Lipinski definition) is 6. The van der Waals surface area contributed by atoms with Gasteiger partial charge in [-0.1, -0.05) is 5.16 Å². The zero-order valence-electron chi connectivity index (χ0n) is 10.4. The van der Waals surface area contributed by atoms with Gasteiger partial charge in [-0.25, -0.2) is 9.97 Å². The molecule has 0 saturated carbocycles. The van der Waals surface area contributed by atoms with Gasteiger partial charge in [-0.3, -0.25) is 0 Å². The molecule has 0 aliphatic heterocycles. The van der Waals surface area contributed by atoms with E-state index in [1.54, 1.807) is 29.7 Å². The van der Waals surface area contributed by atoms with Gasteiger partial charge < -0.3 is 15.7 Å². The van der Waals surface area contributed by atoms with Crippen molar-refractivity contribution in [2.45, 2.75) is 13.3 Å². The van der Waals surface area contributed by atoms with Crippen LogP contribution >= 0.6 is 11.3 Å². The maximum Gasteiger partial charge on any atom is 0.188 e. The maximum atomic E-state index is 8.52. The van der Waals surface area contributed by atoms with Crippen LogP contribution < -0.4 is 10.5 Å². The Morgan fingerprint density at radius 1 is 1.47 bits per heavy atom. The maximum absolute atomic E-state index is 8.52. The van der Waals surface area contributed by atoms with Crippen LogP contribution in [0.25, 0.3) is 0 Å². The van der Waals surface area contributed by atoms with Crippen molar-refractivity contribution in [2.75, 3.05) is 6.61 Å². The predicted octanol–water partition coefficient (Wildman–Crippen LogP) is 1.56. The third kappa shape index (κ3) is 3.41. The van der Waals surface area contributed by atoms with E-state index in [0.717, 1.165) is 12.1 Å². The summed E-state index contributed by atoms with van der Waals surface area (Å²) in [5.74, 6) is 0.628. The number of oxime groups is 1. The molecule has 0 aliphatic carbocycles. The molecule has 0 unspecified atom stereocenters. The van der Waals surface area contributed by atoms with Gasteiger partial charge in [0.15, 0.2) is 5.84 Å². The van der Waals surface area contributed by atoms with Gasteiger partial charge in [0, 0.05) is 11.3 Å². The van der Waals surface area contributed by atoms with Crippen LogP contribution in [0.2, 0.25) is 0 Å². The molecule has 100 valence electrons. The van der Waals surface area contributed by atoms with Gasteiger partial charge in [-0.2, -0.15) is 0 Å². The molecule has 0 aromatic carbocycles. The Morgan fingerprint density at radius 3 is 2.89 bits per heavy atom. The van der Waals surface area contributed by atoms with E-state index in [1.807, 2.05) is 12.4 Å². The van der Waals surface area contributed by atoms with Gasteiger partial charge in [0.05, 0.1) is 24.0 Å². The summed E-state index contributed by atoms with van der Waals surface area (Å²) in [6.45, 7) is 2.55. The molecule has 0 fully saturated rings. The molecular formula is C12H14N4O2S. The summed E-state index contributed by atoms with van der Waals surface area (Å²) in [4.78, 5) is 9.44. The third-order valence-electron chi connectivity index (χ3n) is 2.55. The number of hydrogen-bond donors (Lipinski definition) is 2. The van der Waals surface area contributed by atoms with E-state index in [1.165, 1.54) is 4.88 Å². The second-order valence-corrected chi connectivity index (χ2v) is 4.76. The lowest BCUT2D eigenvalue weighted by Gasteiger charge is -2.05. The van der Waals surface area contributed by atoms with Crippen LogP contribution in [0.3, 0.4) is 0 Å². The van der Waals surface area contributed by atoms with Crippen LogP contribution in [0.5, 0.6) is 5.75 Å². The molecular weight excluding hydrogens is 264 g/mol. The topological polar surface area (TPSA) is 93.6 Å². The van der Waals surface area contributed by atoms with Gasteiger partial charge >= 0.3 is 0 Å². The smallest absolute Gasteiger partial charge is 0.188 e. The van der Waals surface area contributed by atoms with Crippen molar-refractivity contribution < 1.29 is 9.94 Å². The van der Waals surface area contributed by atoms with Gasteiger partial charge in [0.25, 0.3) is 0 Å². The van der Waals surface area contributed by atoms with E-state index in [-0.39, 0.29) is 5.84 Å². The highest BCUT2D eigenvalue weighted by atomic mass is 32.1. The average molecular weight is 278 g/mol. The number of amidine groups is 1. The minimum atomic E-state index is -0.0214. The highest BCUT2D eigenvalue weighted by Crippen LogP contribution is 2.14. The number of pyridine rings is 1. The molecule has 2 heterocycles. The summed E-state index contributed by atoms with van der Waals surface area (Å²) < 4.78 is 5.58. The van der Waals surface area contributed by atoms with Crippen molar-refractivity contribution in [2.24, 2.45) is 10.9 Å². The Bertz CT molecular complexity index is 565. The summed E-state index contributed by atoms with van der Waals surface area (Å²) in [5.41, 5.74) is 8.71. The number of ether oxygens (including phenoxy) is 1. The van der Waals surface area contributed by atoms with Crippen LogP contribution in [0.4, 0.5) is 0 Å². The first-order chi connectivity index (χ1) is 9.20. The number of nitrogens with two attached hydrogens (primary N) is 1. The normalized spacial score (nSPS) is 11.5. The Hall–Kier alpha value is -2.15. The summed E-state index contributed by atoms with van der Waals surface area (Å²) in [6.07, 6.45) is 2.37. The number of aryl methyl sites for hydroxylation is 1. The summed E-state index contributed by atoms with van der Waals surface area (Å²) in [6, 6.07) is 3.38. The monoisotopic (exact) mass is 278 g/mol. The number of thiazole rings is 1. The van der Waals surface area contributed by atoms with Crippen molar-refractivity contribution in [1.82, 2.24) is 9.97 Å². The molecule has 0 bridgehead atoms. The second-order valence-electron chi connectivity index (χ2n) is 3.82. The van der Waals surface area contributed by atoms with Crippen molar-refractivity contribution in [3.8, 4) is 5.75 Å². The highest BCUT2D eigenvalue weighted by Gasteiger charge is 2.03. The van der Waals surface area contributed by atoms with Gasteiger partial charge in [-0.05, 0) is 19.1 Å². The summed E-state index contributed by atoms with van der Waals surface area (Å²) in [5, 5.41) is 11.4. The first-order valence-electron chi connectivity index (χ1n) is 5.66. The fourth-order valence-corrected chi connectivity index (χ4v) is 2.26. The lowest BCUT2D eigenvalue weighted by atomic mass is 10.3. The van der Waals surface area contributed by atoms with E-state index >= 15 is 0 Å². The molecule has 2 aromatic heterocycles. The lowest BCUT2D eigenvalue weighted by molar-refractivity contribution is 0.317. The van der Waals surface area contributed by atoms with Crippen LogP contribution in [-0.2, 0) is 6.42 Å². The molecule has 0 aliphatic rings. The Labute approximate surface area is 114 Å². The van der Waals surface area contributed by atoms with Gasteiger partial charge in [0.2, 0.25) is 0 Å². The van der Waals surface area contributed by atoms with E-state index in [0.29, 0.717) is 18.1 Å². The Balaban J connectivity index is 1.88. The fraction of sp³-hybridized carbons (Fsp3) is 0.250. The quantitative estimate of drug-likeness (QED) is 0.375. The van der Waals surface area contributed by atoms with E-state index in [9.17, 15) is 0 Å². The van der Waals surface area contributed by atoms with Crippen molar-refractivity contribution in [1.29, 1.82) is 0 Å². The largest absolute Gasteiger partial charge is 0.492 e. The molecule has 0 spiro atoms. The molecule has 2 rings (SSSR count).